The third-order valence-electron chi connectivity index (χ3n) is 3.26. The molecule has 0 radical (unpaired) electrons. The zero-order chi connectivity index (χ0) is 12.8. The summed E-state index contributed by atoms with van der Waals surface area (Å²) < 4.78 is 0. The second kappa shape index (κ2) is 6.74. The van der Waals surface area contributed by atoms with Gasteiger partial charge in [-0.05, 0) is 26.3 Å². The summed E-state index contributed by atoms with van der Waals surface area (Å²) in [5.74, 6) is 0. The lowest BCUT2D eigenvalue weighted by atomic mass is 10.1. The van der Waals surface area contributed by atoms with E-state index >= 15 is 0 Å². The van der Waals surface area contributed by atoms with Crippen molar-refractivity contribution in [1.29, 1.82) is 0 Å². The first-order chi connectivity index (χ1) is 8.06. The third-order valence-corrected chi connectivity index (χ3v) is 3.26. The highest BCUT2D eigenvalue weighted by atomic mass is 16.3. The van der Waals surface area contributed by atoms with Gasteiger partial charge in [0.2, 0.25) is 0 Å². The summed E-state index contributed by atoms with van der Waals surface area (Å²) in [4.78, 5) is 2.12. The molecule has 0 saturated carbocycles. The topological polar surface area (TPSA) is 43.7 Å². The van der Waals surface area contributed by atoms with E-state index in [0.717, 1.165) is 6.54 Å². The molecule has 3 atom stereocenters. The van der Waals surface area contributed by atoms with E-state index in [9.17, 15) is 10.2 Å². The summed E-state index contributed by atoms with van der Waals surface area (Å²) in [5.41, 5.74) is 1.19. The molecule has 0 bridgehead atoms. The fourth-order valence-corrected chi connectivity index (χ4v) is 1.88. The van der Waals surface area contributed by atoms with Crippen LogP contribution in [-0.4, -0.2) is 39.9 Å². The van der Waals surface area contributed by atoms with Gasteiger partial charge in [0.25, 0.3) is 0 Å². The Hall–Kier alpha value is -0.900. The Balaban J connectivity index is 2.77. The maximum absolute atomic E-state index is 9.69. The monoisotopic (exact) mass is 237 g/mol. The normalized spacial score (nSPS) is 16.8. The van der Waals surface area contributed by atoms with Gasteiger partial charge >= 0.3 is 0 Å². The first-order valence-electron chi connectivity index (χ1n) is 6.14. The van der Waals surface area contributed by atoms with E-state index < -0.39 is 6.10 Å². The van der Waals surface area contributed by atoms with Gasteiger partial charge in [0.1, 0.15) is 0 Å². The van der Waals surface area contributed by atoms with Crippen LogP contribution in [0.2, 0.25) is 0 Å². The number of aliphatic hydroxyl groups excluding tert-OH is 2. The number of benzene rings is 1. The molecule has 0 fully saturated rings. The van der Waals surface area contributed by atoms with E-state index in [1.807, 2.05) is 32.0 Å². The fourth-order valence-electron chi connectivity index (χ4n) is 1.88. The molecule has 0 aliphatic carbocycles. The van der Waals surface area contributed by atoms with Gasteiger partial charge in [-0.3, -0.25) is 4.90 Å². The van der Waals surface area contributed by atoms with Crippen LogP contribution in [-0.2, 0) is 6.54 Å². The highest BCUT2D eigenvalue weighted by molar-refractivity contribution is 5.14. The summed E-state index contributed by atoms with van der Waals surface area (Å²) in [5, 5.41) is 19.0. The molecule has 2 N–H and O–H groups in total. The number of hydrogen-bond acceptors (Lipinski definition) is 3. The van der Waals surface area contributed by atoms with Crippen molar-refractivity contribution < 1.29 is 10.2 Å². The molecule has 0 aromatic heterocycles. The number of hydrogen-bond donors (Lipinski definition) is 2. The minimum Gasteiger partial charge on any atom is -0.395 e. The van der Waals surface area contributed by atoms with Crippen molar-refractivity contribution in [2.75, 3.05) is 6.61 Å². The summed E-state index contributed by atoms with van der Waals surface area (Å²) in [6, 6.07) is 10.2. The van der Waals surface area contributed by atoms with E-state index in [-0.39, 0.29) is 18.7 Å². The lowest BCUT2D eigenvalue weighted by molar-refractivity contribution is 0.0237. The molecule has 1 aromatic carbocycles. The maximum atomic E-state index is 9.69. The Labute approximate surface area is 104 Å². The Morgan fingerprint density at radius 3 is 2.18 bits per heavy atom. The van der Waals surface area contributed by atoms with Crippen LogP contribution in [0.25, 0.3) is 0 Å². The van der Waals surface area contributed by atoms with E-state index in [4.69, 9.17) is 0 Å². The van der Waals surface area contributed by atoms with Crippen LogP contribution >= 0.6 is 0 Å². The molecule has 96 valence electrons. The molecule has 17 heavy (non-hydrogen) atoms. The fraction of sp³-hybridized carbons (Fsp3) is 0.571. The molecular formula is C14H23NO2. The zero-order valence-corrected chi connectivity index (χ0v) is 10.9. The smallest absolute Gasteiger partial charge is 0.0664 e. The van der Waals surface area contributed by atoms with Crippen LogP contribution < -0.4 is 0 Å². The number of aliphatic hydroxyl groups is 2. The predicted molar refractivity (Wildman–Crippen MR) is 69.7 cm³/mol. The minimum absolute atomic E-state index is 0.0253. The lowest BCUT2D eigenvalue weighted by Gasteiger charge is -2.35. The molecule has 0 spiro atoms. The van der Waals surface area contributed by atoms with Gasteiger partial charge in [-0.2, -0.15) is 0 Å². The second-order valence-electron chi connectivity index (χ2n) is 4.67. The van der Waals surface area contributed by atoms with Crippen molar-refractivity contribution in [3.63, 3.8) is 0 Å². The van der Waals surface area contributed by atoms with Crippen LogP contribution in [0.1, 0.15) is 26.3 Å². The summed E-state index contributed by atoms with van der Waals surface area (Å²) in [6.45, 7) is 6.59. The zero-order valence-electron chi connectivity index (χ0n) is 10.9. The Morgan fingerprint density at radius 1 is 1.12 bits per heavy atom. The average molecular weight is 237 g/mol. The standard InChI is InChI=1S/C14H23NO2/c1-11(10-16)15(12(2)13(3)17)9-14-7-5-4-6-8-14/h4-8,11-13,16-17H,9-10H2,1-3H3. The molecule has 3 heteroatoms. The van der Waals surface area contributed by atoms with Gasteiger partial charge in [0.05, 0.1) is 12.7 Å². The van der Waals surface area contributed by atoms with Gasteiger partial charge in [-0.25, -0.2) is 0 Å². The highest BCUT2D eigenvalue weighted by Gasteiger charge is 2.23. The van der Waals surface area contributed by atoms with Crippen molar-refractivity contribution in [2.45, 2.75) is 45.5 Å². The molecule has 1 aromatic rings. The van der Waals surface area contributed by atoms with Crippen molar-refractivity contribution in [1.82, 2.24) is 4.90 Å². The summed E-state index contributed by atoms with van der Waals surface area (Å²) in [7, 11) is 0. The second-order valence-corrected chi connectivity index (χ2v) is 4.67. The highest BCUT2D eigenvalue weighted by Crippen LogP contribution is 2.14. The van der Waals surface area contributed by atoms with E-state index in [2.05, 4.69) is 17.0 Å². The SMILES string of the molecule is CC(O)C(C)N(Cc1ccccc1)C(C)CO. The van der Waals surface area contributed by atoms with Crippen LogP contribution in [0.15, 0.2) is 30.3 Å². The largest absolute Gasteiger partial charge is 0.395 e. The van der Waals surface area contributed by atoms with E-state index in [1.165, 1.54) is 5.56 Å². The van der Waals surface area contributed by atoms with Crippen molar-refractivity contribution in [3.8, 4) is 0 Å². The number of nitrogens with zero attached hydrogens (tertiary/aromatic N) is 1. The van der Waals surface area contributed by atoms with Gasteiger partial charge in [0, 0.05) is 18.6 Å². The molecule has 3 unspecified atom stereocenters. The molecule has 0 heterocycles. The maximum Gasteiger partial charge on any atom is 0.0664 e. The molecule has 1 rings (SSSR count). The summed E-state index contributed by atoms with van der Waals surface area (Å²) in [6.07, 6.45) is -0.410. The molecule has 0 saturated heterocycles. The van der Waals surface area contributed by atoms with E-state index in [0.29, 0.717) is 0 Å². The van der Waals surface area contributed by atoms with Crippen LogP contribution in [0, 0.1) is 0 Å². The van der Waals surface area contributed by atoms with E-state index in [1.54, 1.807) is 6.92 Å². The molecule has 3 nitrogen and oxygen atoms in total. The Morgan fingerprint density at radius 2 is 1.71 bits per heavy atom. The first kappa shape index (κ1) is 14.2. The van der Waals surface area contributed by atoms with Crippen LogP contribution in [0.3, 0.4) is 0 Å². The van der Waals surface area contributed by atoms with Crippen LogP contribution in [0.4, 0.5) is 0 Å². The van der Waals surface area contributed by atoms with Crippen molar-refractivity contribution >= 4 is 0 Å². The van der Waals surface area contributed by atoms with Gasteiger partial charge in [-0.1, -0.05) is 30.3 Å². The Bertz CT molecular complexity index is 313. The first-order valence-corrected chi connectivity index (χ1v) is 6.14. The molecule has 0 aliphatic heterocycles. The van der Waals surface area contributed by atoms with Crippen molar-refractivity contribution in [2.24, 2.45) is 0 Å². The molecule has 0 amide bonds. The predicted octanol–water partition coefficient (Wildman–Crippen LogP) is 1.64. The molecule has 0 aliphatic rings. The quantitative estimate of drug-likeness (QED) is 0.790. The molecular weight excluding hydrogens is 214 g/mol. The minimum atomic E-state index is -0.410. The van der Waals surface area contributed by atoms with Gasteiger partial charge < -0.3 is 10.2 Å². The van der Waals surface area contributed by atoms with Gasteiger partial charge in [-0.15, -0.1) is 0 Å². The van der Waals surface area contributed by atoms with Crippen LogP contribution in [0.5, 0.6) is 0 Å². The number of rotatable bonds is 6. The third kappa shape index (κ3) is 4.11. The Kier molecular flexibility index (Phi) is 5.62. The lowest BCUT2D eigenvalue weighted by Crippen LogP contribution is -2.46. The van der Waals surface area contributed by atoms with Crippen molar-refractivity contribution in [3.05, 3.63) is 35.9 Å². The van der Waals surface area contributed by atoms with Gasteiger partial charge in [0.15, 0.2) is 0 Å². The average Bonchev–Trinajstić information content (AvgIpc) is 2.35. The summed E-state index contributed by atoms with van der Waals surface area (Å²) >= 11 is 0.